The number of nitrogens with zero attached hydrogens (tertiary/aromatic N) is 2. The van der Waals surface area contributed by atoms with Gasteiger partial charge in [0.05, 0.1) is 12.0 Å². The maximum atomic E-state index is 12.1. The molecule has 2 amide bonds. The Morgan fingerprint density at radius 2 is 2.29 bits per heavy atom. The summed E-state index contributed by atoms with van der Waals surface area (Å²) < 4.78 is 0. The monoisotopic (exact) mass is 330 g/mol. The van der Waals surface area contributed by atoms with Crippen LogP contribution < -0.4 is 10.4 Å². The molecular formula is C12H16N3O4S2-. The zero-order chi connectivity index (χ0) is 16.0. The van der Waals surface area contributed by atoms with Gasteiger partial charge in [-0.05, 0) is 37.6 Å². The fourth-order valence-corrected chi connectivity index (χ4v) is 2.51. The Kier molecular flexibility index (Phi) is 6.76. The van der Waals surface area contributed by atoms with Crippen LogP contribution in [-0.2, 0) is 14.4 Å². The number of rotatable bonds is 7. The van der Waals surface area contributed by atoms with Crippen molar-refractivity contribution in [2.45, 2.75) is 19.4 Å². The van der Waals surface area contributed by atoms with Crippen molar-refractivity contribution in [1.82, 2.24) is 10.2 Å². The number of thioether (sulfide) groups is 1. The van der Waals surface area contributed by atoms with Gasteiger partial charge in [0.25, 0.3) is 0 Å². The summed E-state index contributed by atoms with van der Waals surface area (Å²) in [6.45, 7) is 2.04. The Labute approximate surface area is 132 Å². The smallest absolute Gasteiger partial charge is 0.246 e. The van der Waals surface area contributed by atoms with Crippen molar-refractivity contribution in [3.63, 3.8) is 0 Å². The zero-order valence-electron chi connectivity index (χ0n) is 11.7. The molecule has 1 aliphatic heterocycles. The van der Waals surface area contributed by atoms with Gasteiger partial charge in [0.15, 0.2) is 11.0 Å². The molecule has 0 radical (unpaired) electrons. The number of carboxylic acids is 1. The fourth-order valence-electron chi connectivity index (χ4n) is 1.73. The molecule has 1 heterocycles. The van der Waals surface area contributed by atoms with Crippen molar-refractivity contribution in [3.05, 3.63) is 0 Å². The number of carbonyl (C=O) groups is 3. The molecule has 1 saturated heterocycles. The van der Waals surface area contributed by atoms with E-state index in [4.69, 9.17) is 12.2 Å². The van der Waals surface area contributed by atoms with Gasteiger partial charge in [-0.25, -0.2) is 0 Å². The van der Waals surface area contributed by atoms with Gasteiger partial charge in [-0.3, -0.25) is 19.5 Å². The number of hydrogen-bond acceptors (Lipinski definition) is 7. The van der Waals surface area contributed by atoms with Crippen LogP contribution in [-0.4, -0.2) is 58.6 Å². The lowest BCUT2D eigenvalue weighted by atomic mass is 10.1. The Hall–Kier alpha value is -1.48. The first-order chi connectivity index (χ1) is 9.92. The summed E-state index contributed by atoms with van der Waals surface area (Å²) in [5.41, 5.74) is 0. The SMILES string of the molecule is CCN1C(=O)[C@@H](C=N[C@H](CCSC)C(=O)[O-])C(=O)NC1=S. The van der Waals surface area contributed by atoms with Crippen LogP contribution in [0.25, 0.3) is 0 Å². The molecule has 0 aromatic rings. The van der Waals surface area contributed by atoms with E-state index in [1.807, 2.05) is 6.26 Å². The highest BCUT2D eigenvalue weighted by Gasteiger charge is 2.36. The minimum absolute atomic E-state index is 0.0518. The van der Waals surface area contributed by atoms with Gasteiger partial charge in [-0.1, -0.05) is 0 Å². The van der Waals surface area contributed by atoms with E-state index in [0.717, 1.165) is 6.21 Å². The van der Waals surface area contributed by atoms with Gasteiger partial charge in [0.2, 0.25) is 11.8 Å². The number of carboxylic acid groups (broad SMARTS) is 1. The van der Waals surface area contributed by atoms with Crippen LogP contribution in [0.3, 0.4) is 0 Å². The normalized spacial score (nSPS) is 20.8. The second kappa shape index (κ2) is 8.08. The predicted octanol–water partition coefficient (Wildman–Crippen LogP) is -1.19. The van der Waals surface area contributed by atoms with Gasteiger partial charge in [0.1, 0.15) is 0 Å². The molecule has 21 heavy (non-hydrogen) atoms. The molecule has 1 rings (SSSR count). The lowest BCUT2D eigenvalue weighted by molar-refractivity contribution is -0.307. The van der Waals surface area contributed by atoms with E-state index in [0.29, 0.717) is 12.3 Å². The van der Waals surface area contributed by atoms with E-state index >= 15 is 0 Å². The molecule has 1 fully saturated rings. The highest BCUT2D eigenvalue weighted by Crippen LogP contribution is 2.10. The number of amides is 2. The molecule has 0 aromatic carbocycles. The maximum Gasteiger partial charge on any atom is 0.246 e. The molecule has 7 nitrogen and oxygen atoms in total. The summed E-state index contributed by atoms with van der Waals surface area (Å²) in [7, 11) is 0. The van der Waals surface area contributed by atoms with Crippen LogP contribution in [0.4, 0.5) is 0 Å². The van der Waals surface area contributed by atoms with Gasteiger partial charge in [-0.2, -0.15) is 11.8 Å². The molecule has 0 spiro atoms. The summed E-state index contributed by atoms with van der Waals surface area (Å²) >= 11 is 6.37. The van der Waals surface area contributed by atoms with E-state index in [2.05, 4.69) is 10.3 Å². The highest BCUT2D eigenvalue weighted by atomic mass is 32.2. The molecule has 0 aromatic heterocycles. The number of aliphatic carboxylic acids is 1. The van der Waals surface area contributed by atoms with Crippen molar-refractivity contribution in [1.29, 1.82) is 0 Å². The standard InChI is InChI=1S/C12H17N3O4S2/c1-3-15-10(17)7(9(16)14-12(15)20)6-13-8(11(18)19)4-5-21-2/h6-8H,3-5H2,1-2H3,(H,18,19)(H,14,16,20)/p-1/t7-,8+/m0/s1. The van der Waals surface area contributed by atoms with E-state index in [1.165, 1.54) is 16.7 Å². The van der Waals surface area contributed by atoms with E-state index in [1.54, 1.807) is 6.92 Å². The van der Waals surface area contributed by atoms with E-state index in [-0.39, 0.29) is 11.5 Å². The van der Waals surface area contributed by atoms with E-state index in [9.17, 15) is 19.5 Å². The topological polar surface area (TPSA) is 102 Å². The summed E-state index contributed by atoms with van der Waals surface area (Å²) in [6.07, 6.45) is 3.19. The summed E-state index contributed by atoms with van der Waals surface area (Å²) in [5, 5.41) is 13.4. The minimum Gasteiger partial charge on any atom is -0.548 e. The highest BCUT2D eigenvalue weighted by molar-refractivity contribution is 7.98. The Balaban J connectivity index is 2.85. The maximum absolute atomic E-state index is 12.1. The molecule has 2 atom stereocenters. The van der Waals surface area contributed by atoms with Crippen LogP contribution in [0, 0.1) is 5.92 Å². The molecule has 1 N–H and O–H groups in total. The van der Waals surface area contributed by atoms with Crippen LogP contribution in [0.5, 0.6) is 0 Å². The number of nitrogens with one attached hydrogen (secondary N) is 1. The molecule has 0 aliphatic carbocycles. The average Bonchev–Trinajstić information content (AvgIpc) is 2.41. The Morgan fingerprint density at radius 1 is 1.62 bits per heavy atom. The number of carbonyl (C=O) groups excluding carboxylic acids is 3. The molecule has 0 saturated carbocycles. The molecule has 0 unspecified atom stereocenters. The van der Waals surface area contributed by atoms with Crippen molar-refractivity contribution in [2.24, 2.45) is 10.9 Å². The van der Waals surface area contributed by atoms with Crippen molar-refractivity contribution in [2.75, 3.05) is 18.6 Å². The predicted molar refractivity (Wildman–Crippen MR) is 81.9 cm³/mol. The Morgan fingerprint density at radius 3 is 2.81 bits per heavy atom. The second-order valence-corrected chi connectivity index (χ2v) is 5.64. The van der Waals surface area contributed by atoms with Crippen molar-refractivity contribution >= 4 is 53.1 Å². The Bertz CT molecular complexity index is 481. The molecule has 1 aliphatic rings. The number of hydrogen-bond donors (Lipinski definition) is 1. The molecule has 116 valence electrons. The molecular weight excluding hydrogens is 314 g/mol. The first-order valence-electron chi connectivity index (χ1n) is 6.31. The zero-order valence-corrected chi connectivity index (χ0v) is 13.3. The summed E-state index contributed by atoms with van der Waals surface area (Å²) in [6, 6.07) is -1.07. The molecule has 9 heteroatoms. The first kappa shape index (κ1) is 17.6. The largest absolute Gasteiger partial charge is 0.548 e. The van der Waals surface area contributed by atoms with Crippen LogP contribution in [0.1, 0.15) is 13.3 Å². The van der Waals surface area contributed by atoms with Gasteiger partial charge < -0.3 is 15.2 Å². The van der Waals surface area contributed by atoms with Crippen molar-refractivity contribution < 1.29 is 19.5 Å². The third-order valence-corrected chi connectivity index (χ3v) is 3.86. The lowest BCUT2D eigenvalue weighted by Gasteiger charge is -2.30. The van der Waals surface area contributed by atoms with Gasteiger partial charge >= 0.3 is 0 Å². The minimum atomic E-state index is -1.33. The fraction of sp³-hybridized carbons (Fsp3) is 0.583. The quantitative estimate of drug-likeness (QED) is 0.358. The molecule has 0 bridgehead atoms. The third kappa shape index (κ3) is 4.50. The van der Waals surface area contributed by atoms with Crippen LogP contribution >= 0.6 is 24.0 Å². The third-order valence-electron chi connectivity index (χ3n) is 2.89. The first-order valence-corrected chi connectivity index (χ1v) is 8.11. The number of aliphatic imine (C=N–C) groups is 1. The lowest BCUT2D eigenvalue weighted by Crippen LogP contribution is -2.58. The number of thiocarbonyl (C=S) groups is 1. The van der Waals surface area contributed by atoms with Gasteiger partial charge in [-0.15, -0.1) is 0 Å². The van der Waals surface area contributed by atoms with E-state index < -0.39 is 29.7 Å². The second-order valence-electron chi connectivity index (χ2n) is 4.27. The summed E-state index contributed by atoms with van der Waals surface area (Å²) in [5.74, 6) is -3.00. The average molecular weight is 330 g/mol. The van der Waals surface area contributed by atoms with Gasteiger partial charge in [0, 0.05) is 12.8 Å². The summed E-state index contributed by atoms with van der Waals surface area (Å²) in [4.78, 5) is 39.9. The van der Waals surface area contributed by atoms with Crippen LogP contribution in [0.15, 0.2) is 4.99 Å². The van der Waals surface area contributed by atoms with Crippen LogP contribution in [0.2, 0.25) is 0 Å². The van der Waals surface area contributed by atoms with Crippen molar-refractivity contribution in [3.8, 4) is 0 Å².